The largest absolute Gasteiger partial charge is 0.353 e. The first-order valence-electron chi connectivity index (χ1n) is 9.27. The van der Waals surface area contributed by atoms with Crippen LogP contribution < -0.4 is 10.6 Å². The third-order valence-electron chi connectivity index (χ3n) is 4.83. The third-order valence-corrected chi connectivity index (χ3v) is 4.83. The average Bonchev–Trinajstić information content (AvgIpc) is 2.65. The van der Waals surface area contributed by atoms with Gasteiger partial charge < -0.3 is 15.5 Å². The van der Waals surface area contributed by atoms with E-state index >= 15 is 0 Å². The SMILES string of the molecule is CC(C)[C@H](NC(=O)Cc1cccc2ccccc12)C(=O)N1CCNC(=O)C1. The molecule has 3 amide bonds. The van der Waals surface area contributed by atoms with Gasteiger partial charge >= 0.3 is 0 Å². The van der Waals surface area contributed by atoms with E-state index in [1.807, 2.05) is 56.3 Å². The zero-order valence-electron chi connectivity index (χ0n) is 15.7. The van der Waals surface area contributed by atoms with Crippen molar-refractivity contribution < 1.29 is 14.4 Å². The molecule has 1 aliphatic rings. The van der Waals surface area contributed by atoms with Gasteiger partial charge in [-0.3, -0.25) is 14.4 Å². The molecule has 1 heterocycles. The lowest BCUT2D eigenvalue weighted by Crippen LogP contribution is -2.57. The third kappa shape index (κ3) is 4.45. The maximum absolute atomic E-state index is 12.8. The minimum absolute atomic E-state index is 0.0429. The molecular weight excluding hydrogens is 342 g/mol. The summed E-state index contributed by atoms with van der Waals surface area (Å²) in [4.78, 5) is 38.6. The standard InChI is InChI=1S/C21H25N3O3/c1-14(2)20(21(27)24-11-10-22-19(26)13-24)23-18(25)12-16-8-5-7-15-6-3-4-9-17(15)16/h3-9,14,20H,10-13H2,1-2H3,(H,22,26)(H,23,25)/t20-/m0/s1. The van der Waals surface area contributed by atoms with Crippen LogP contribution in [0.5, 0.6) is 0 Å². The van der Waals surface area contributed by atoms with Crippen molar-refractivity contribution in [2.75, 3.05) is 19.6 Å². The van der Waals surface area contributed by atoms with E-state index in [0.29, 0.717) is 13.1 Å². The van der Waals surface area contributed by atoms with Crippen LogP contribution in [0.4, 0.5) is 0 Å². The van der Waals surface area contributed by atoms with Crippen LogP contribution in [0.2, 0.25) is 0 Å². The summed E-state index contributed by atoms with van der Waals surface area (Å²) in [6, 6.07) is 13.2. The number of carbonyl (C=O) groups is 3. The van der Waals surface area contributed by atoms with Crippen LogP contribution in [0.1, 0.15) is 19.4 Å². The van der Waals surface area contributed by atoms with Gasteiger partial charge in [-0.1, -0.05) is 56.3 Å². The second kappa shape index (κ2) is 8.20. The van der Waals surface area contributed by atoms with Crippen LogP contribution in [0.3, 0.4) is 0 Å². The molecule has 1 aliphatic heterocycles. The zero-order valence-corrected chi connectivity index (χ0v) is 15.7. The molecule has 1 fully saturated rings. The van der Waals surface area contributed by atoms with Gasteiger partial charge in [-0.05, 0) is 22.3 Å². The molecule has 0 spiro atoms. The summed E-state index contributed by atoms with van der Waals surface area (Å²) < 4.78 is 0. The highest BCUT2D eigenvalue weighted by Crippen LogP contribution is 2.19. The second-order valence-corrected chi connectivity index (χ2v) is 7.21. The Balaban J connectivity index is 1.71. The summed E-state index contributed by atoms with van der Waals surface area (Å²) in [7, 11) is 0. The number of nitrogens with one attached hydrogen (secondary N) is 2. The van der Waals surface area contributed by atoms with E-state index in [1.54, 1.807) is 0 Å². The Kier molecular flexibility index (Phi) is 5.74. The molecule has 0 unspecified atom stereocenters. The number of hydrogen-bond acceptors (Lipinski definition) is 3. The smallest absolute Gasteiger partial charge is 0.245 e. The lowest BCUT2D eigenvalue weighted by Gasteiger charge is -2.32. The fourth-order valence-electron chi connectivity index (χ4n) is 3.38. The number of amides is 3. The average molecular weight is 367 g/mol. The molecule has 0 radical (unpaired) electrons. The Hall–Kier alpha value is -2.89. The molecule has 2 N–H and O–H groups in total. The summed E-state index contributed by atoms with van der Waals surface area (Å²) in [5.41, 5.74) is 0.929. The van der Waals surface area contributed by atoms with E-state index in [1.165, 1.54) is 4.90 Å². The van der Waals surface area contributed by atoms with Gasteiger partial charge in [0.1, 0.15) is 6.04 Å². The van der Waals surface area contributed by atoms with E-state index in [4.69, 9.17) is 0 Å². The van der Waals surface area contributed by atoms with Crippen molar-refractivity contribution in [2.24, 2.45) is 5.92 Å². The summed E-state index contributed by atoms with van der Waals surface area (Å²) in [6.07, 6.45) is 0.207. The normalized spacial score (nSPS) is 15.5. The Labute approximate surface area is 158 Å². The van der Waals surface area contributed by atoms with Crippen molar-refractivity contribution in [1.82, 2.24) is 15.5 Å². The Morgan fingerprint density at radius 1 is 1.15 bits per heavy atom. The first-order valence-corrected chi connectivity index (χ1v) is 9.27. The number of carbonyl (C=O) groups excluding carboxylic acids is 3. The fraction of sp³-hybridized carbons (Fsp3) is 0.381. The van der Waals surface area contributed by atoms with Crippen molar-refractivity contribution in [3.05, 3.63) is 48.0 Å². The Morgan fingerprint density at radius 3 is 2.63 bits per heavy atom. The van der Waals surface area contributed by atoms with Crippen LogP contribution in [-0.2, 0) is 20.8 Å². The highest BCUT2D eigenvalue weighted by molar-refractivity contribution is 5.94. The molecule has 0 bridgehead atoms. The van der Waals surface area contributed by atoms with Gasteiger partial charge in [0, 0.05) is 13.1 Å². The molecule has 27 heavy (non-hydrogen) atoms. The first kappa shape index (κ1) is 18.9. The number of hydrogen-bond donors (Lipinski definition) is 2. The van der Waals surface area contributed by atoms with Gasteiger partial charge in [0.05, 0.1) is 13.0 Å². The molecule has 142 valence electrons. The van der Waals surface area contributed by atoms with Crippen LogP contribution in [-0.4, -0.2) is 48.3 Å². The summed E-state index contributed by atoms with van der Waals surface area (Å²) in [5.74, 6) is -0.635. The van der Waals surface area contributed by atoms with E-state index in [-0.39, 0.29) is 36.6 Å². The maximum atomic E-state index is 12.8. The van der Waals surface area contributed by atoms with Gasteiger partial charge in [0.25, 0.3) is 0 Å². The minimum Gasteiger partial charge on any atom is -0.353 e. The molecular formula is C21H25N3O3. The van der Waals surface area contributed by atoms with Crippen LogP contribution >= 0.6 is 0 Å². The van der Waals surface area contributed by atoms with Crippen molar-refractivity contribution >= 4 is 28.5 Å². The van der Waals surface area contributed by atoms with Crippen molar-refractivity contribution in [1.29, 1.82) is 0 Å². The Bertz CT molecular complexity index is 857. The molecule has 0 saturated carbocycles. The lowest BCUT2D eigenvalue weighted by atomic mass is 10.00. The summed E-state index contributed by atoms with van der Waals surface area (Å²) in [6.45, 7) is 4.74. The predicted octanol–water partition coefficient (Wildman–Crippen LogP) is 1.48. The van der Waals surface area contributed by atoms with Crippen LogP contribution in [0, 0.1) is 5.92 Å². The van der Waals surface area contributed by atoms with Crippen LogP contribution in [0.15, 0.2) is 42.5 Å². The minimum atomic E-state index is -0.640. The monoisotopic (exact) mass is 367 g/mol. The first-order chi connectivity index (χ1) is 13.0. The van der Waals surface area contributed by atoms with Crippen molar-refractivity contribution in [3.63, 3.8) is 0 Å². The van der Waals surface area contributed by atoms with E-state index < -0.39 is 6.04 Å². The van der Waals surface area contributed by atoms with Crippen molar-refractivity contribution in [3.8, 4) is 0 Å². The molecule has 0 aromatic heterocycles. The van der Waals surface area contributed by atoms with E-state index in [0.717, 1.165) is 16.3 Å². The number of nitrogens with zero attached hydrogens (tertiary/aromatic N) is 1. The van der Waals surface area contributed by atoms with Gasteiger partial charge in [-0.25, -0.2) is 0 Å². The van der Waals surface area contributed by atoms with Gasteiger partial charge in [-0.15, -0.1) is 0 Å². The molecule has 2 aromatic rings. The highest BCUT2D eigenvalue weighted by atomic mass is 16.2. The molecule has 6 nitrogen and oxygen atoms in total. The summed E-state index contributed by atoms with van der Waals surface area (Å²) >= 11 is 0. The van der Waals surface area contributed by atoms with Gasteiger partial charge in [0.15, 0.2) is 0 Å². The van der Waals surface area contributed by atoms with E-state index in [2.05, 4.69) is 10.6 Å². The molecule has 1 saturated heterocycles. The topological polar surface area (TPSA) is 78.5 Å². The zero-order chi connectivity index (χ0) is 19.4. The quantitative estimate of drug-likeness (QED) is 0.840. The molecule has 6 heteroatoms. The van der Waals surface area contributed by atoms with E-state index in [9.17, 15) is 14.4 Å². The van der Waals surface area contributed by atoms with Gasteiger partial charge in [0.2, 0.25) is 17.7 Å². The summed E-state index contributed by atoms with van der Waals surface area (Å²) in [5, 5.41) is 7.70. The van der Waals surface area contributed by atoms with Crippen molar-refractivity contribution in [2.45, 2.75) is 26.3 Å². The van der Waals surface area contributed by atoms with Crippen LogP contribution in [0.25, 0.3) is 10.8 Å². The molecule has 1 atom stereocenters. The number of fused-ring (bicyclic) bond motifs is 1. The fourth-order valence-corrected chi connectivity index (χ4v) is 3.38. The number of piperazine rings is 1. The number of benzene rings is 2. The Morgan fingerprint density at radius 2 is 1.89 bits per heavy atom. The molecule has 3 rings (SSSR count). The maximum Gasteiger partial charge on any atom is 0.245 e. The number of rotatable bonds is 5. The predicted molar refractivity (Wildman–Crippen MR) is 104 cm³/mol. The van der Waals surface area contributed by atoms with Gasteiger partial charge in [-0.2, -0.15) is 0 Å². The molecule has 0 aliphatic carbocycles. The molecule has 2 aromatic carbocycles. The lowest BCUT2D eigenvalue weighted by molar-refractivity contribution is -0.142. The highest BCUT2D eigenvalue weighted by Gasteiger charge is 2.31. The second-order valence-electron chi connectivity index (χ2n) is 7.21.